The fraction of sp³-hybridized carbons (Fsp3) is 0.655. The van der Waals surface area contributed by atoms with Gasteiger partial charge in [-0.25, -0.2) is 4.57 Å². The second-order valence-electron chi connectivity index (χ2n) is 17.8. The van der Waals surface area contributed by atoms with Gasteiger partial charge in [0, 0.05) is 6.42 Å². The van der Waals surface area contributed by atoms with E-state index in [0.717, 1.165) is 96.3 Å². The largest absolute Gasteiger partial charge is 0.472 e. The Morgan fingerprint density at radius 3 is 1.44 bits per heavy atom. The zero-order chi connectivity index (χ0) is 47.1. The zero-order valence-corrected chi connectivity index (χ0v) is 42.4. The van der Waals surface area contributed by atoms with E-state index in [-0.39, 0.29) is 19.1 Å². The number of allylic oxidation sites excluding steroid dienone is 17. The Morgan fingerprint density at radius 2 is 0.953 bits per heavy atom. The highest BCUT2D eigenvalue weighted by molar-refractivity contribution is 7.47. The highest BCUT2D eigenvalue weighted by Gasteiger charge is 2.27. The summed E-state index contributed by atoms with van der Waals surface area (Å²) in [6, 6.07) is -0.881. The zero-order valence-electron chi connectivity index (χ0n) is 41.5. The molecule has 8 nitrogen and oxygen atoms in total. The minimum Gasteiger partial charge on any atom is -0.387 e. The molecule has 0 radical (unpaired) electrons. The summed E-state index contributed by atoms with van der Waals surface area (Å²) in [5.41, 5.74) is 0. The third-order valence-corrected chi connectivity index (χ3v) is 11.4. The topological polar surface area (TPSA) is 105 Å². The van der Waals surface area contributed by atoms with Gasteiger partial charge >= 0.3 is 7.82 Å². The first-order valence-corrected chi connectivity index (χ1v) is 26.8. The molecule has 0 aromatic heterocycles. The van der Waals surface area contributed by atoms with Gasteiger partial charge in [-0.3, -0.25) is 13.8 Å². The maximum absolute atomic E-state index is 12.9. The predicted octanol–water partition coefficient (Wildman–Crippen LogP) is 14.9. The van der Waals surface area contributed by atoms with Crippen molar-refractivity contribution in [3.63, 3.8) is 0 Å². The Labute approximate surface area is 393 Å². The summed E-state index contributed by atoms with van der Waals surface area (Å²) in [7, 11) is 1.52. The molecule has 0 aromatic rings. The SMILES string of the molecule is CC/C=C\C/C=C\C/C=C\C/C=C\C/C=C\C/C=C\CCCCCCCCCCC(=O)NC(COP(=O)(O)OCC[N+](C)(C)C)C(O)/C=C/CC/C=C/CC/C=C/CCCCCCC. The van der Waals surface area contributed by atoms with Crippen molar-refractivity contribution in [2.75, 3.05) is 40.9 Å². The number of carbonyl (C=O) groups excluding carboxylic acids is 1. The maximum atomic E-state index is 12.9. The number of phosphoric ester groups is 1. The summed E-state index contributed by atoms with van der Waals surface area (Å²) in [6.07, 6.45) is 66.0. The summed E-state index contributed by atoms with van der Waals surface area (Å²) >= 11 is 0. The third kappa shape index (κ3) is 47.1. The number of nitrogens with one attached hydrogen (secondary N) is 1. The molecule has 366 valence electrons. The highest BCUT2D eigenvalue weighted by atomic mass is 31.2. The molecule has 0 aliphatic rings. The fourth-order valence-corrected chi connectivity index (χ4v) is 7.22. The Kier molecular flexibility index (Phi) is 43.3. The second-order valence-corrected chi connectivity index (χ2v) is 19.2. The monoisotopic (exact) mass is 912 g/mol. The number of amides is 1. The molecule has 0 rings (SSSR count). The first kappa shape index (κ1) is 61.2. The first-order chi connectivity index (χ1) is 31.0. The van der Waals surface area contributed by atoms with Crippen molar-refractivity contribution in [2.24, 2.45) is 0 Å². The van der Waals surface area contributed by atoms with Gasteiger partial charge in [0.15, 0.2) is 0 Å². The molecule has 3 atom stereocenters. The highest BCUT2D eigenvalue weighted by Crippen LogP contribution is 2.43. The molecule has 0 saturated heterocycles. The van der Waals surface area contributed by atoms with E-state index >= 15 is 0 Å². The van der Waals surface area contributed by atoms with Crippen LogP contribution < -0.4 is 5.32 Å². The van der Waals surface area contributed by atoms with Gasteiger partial charge < -0.3 is 19.8 Å². The van der Waals surface area contributed by atoms with Crippen molar-refractivity contribution in [3.05, 3.63) is 109 Å². The van der Waals surface area contributed by atoms with Crippen LogP contribution in [0.1, 0.15) is 181 Å². The van der Waals surface area contributed by atoms with Crippen molar-refractivity contribution in [1.29, 1.82) is 0 Å². The fourth-order valence-electron chi connectivity index (χ4n) is 6.49. The van der Waals surface area contributed by atoms with Crippen molar-refractivity contribution in [2.45, 2.75) is 193 Å². The van der Waals surface area contributed by atoms with Crippen LogP contribution in [-0.2, 0) is 18.4 Å². The lowest BCUT2D eigenvalue weighted by atomic mass is 10.1. The average molecular weight is 912 g/mol. The second kappa shape index (κ2) is 45.3. The molecule has 0 bridgehead atoms. The Bertz CT molecular complexity index is 1400. The van der Waals surface area contributed by atoms with E-state index in [1.54, 1.807) is 6.08 Å². The quantitative estimate of drug-likeness (QED) is 0.0243. The molecule has 0 fully saturated rings. The number of unbranched alkanes of at least 4 members (excludes halogenated alkanes) is 15. The first-order valence-electron chi connectivity index (χ1n) is 25.3. The van der Waals surface area contributed by atoms with Crippen molar-refractivity contribution >= 4 is 13.7 Å². The van der Waals surface area contributed by atoms with E-state index in [2.05, 4.69) is 116 Å². The van der Waals surface area contributed by atoms with Crippen molar-refractivity contribution < 1.29 is 32.9 Å². The molecular formula is C55H96N2O6P+. The predicted molar refractivity (Wildman–Crippen MR) is 276 cm³/mol. The van der Waals surface area contributed by atoms with Gasteiger partial charge in [0.25, 0.3) is 0 Å². The van der Waals surface area contributed by atoms with E-state index in [9.17, 15) is 19.4 Å². The van der Waals surface area contributed by atoms with E-state index in [0.29, 0.717) is 17.4 Å². The minimum absolute atomic E-state index is 0.0456. The molecular weight excluding hydrogens is 816 g/mol. The van der Waals surface area contributed by atoms with Crippen LogP contribution in [-0.4, -0.2) is 73.4 Å². The van der Waals surface area contributed by atoms with Gasteiger partial charge in [0.05, 0.1) is 39.9 Å². The van der Waals surface area contributed by atoms with Crippen molar-refractivity contribution in [3.8, 4) is 0 Å². The van der Waals surface area contributed by atoms with Gasteiger partial charge in [0.2, 0.25) is 5.91 Å². The number of phosphoric acid groups is 1. The van der Waals surface area contributed by atoms with E-state index < -0.39 is 20.0 Å². The Hall–Kier alpha value is -2.84. The molecule has 0 saturated carbocycles. The number of quaternary nitrogens is 1. The molecule has 1 amide bonds. The molecule has 0 heterocycles. The van der Waals surface area contributed by atoms with E-state index in [4.69, 9.17) is 9.05 Å². The lowest BCUT2D eigenvalue weighted by molar-refractivity contribution is -0.870. The van der Waals surface area contributed by atoms with Gasteiger partial charge in [-0.2, -0.15) is 0 Å². The Morgan fingerprint density at radius 1 is 0.547 bits per heavy atom. The number of carbonyl (C=O) groups is 1. The number of aliphatic hydroxyl groups excluding tert-OH is 1. The van der Waals surface area contributed by atoms with Crippen LogP contribution in [0.15, 0.2) is 109 Å². The standard InChI is InChI=1S/C55H95N2O6P/c1-6-8-10-12-14-16-18-20-22-23-24-25-26-27-28-29-30-31-32-33-35-37-39-41-43-45-47-49-55(59)56-53(52-63-64(60,61)62-51-50-57(3,4)5)54(58)48-46-44-42-40-38-36-34-21-19-17-15-13-11-9-7-2/h8,10,14,16,19-22,24-25,27-28,30-31,38,40,46,48,53-54,58H,6-7,9,11-13,15,17-18,23,26,29,32-37,39,41-45,47,49-52H2,1-5H3,(H-,56,59,60,61)/p+1/b10-8-,16-14-,21-19+,22-20-,25-24-,28-27-,31-30-,40-38+,48-46+. The van der Waals surface area contributed by atoms with Gasteiger partial charge in [-0.1, -0.05) is 187 Å². The number of aliphatic hydroxyl groups is 1. The summed E-state index contributed by atoms with van der Waals surface area (Å²) in [5.74, 6) is -0.206. The van der Waals surface area contributed by atoms with Crippen molar-refractivity contribution in [1.82, 2.24) is 5.32 Å². The van der Waals surface area contributed by atoms with Crippen LogP contribution >= 0.6 is 7.82 Å². The van der Waals surface area contributed by atoms with Crippen LogP contribution in [0.25, 0.3) is 0 Å². The summed E-state index contributed by atoms with van der Waals surface area (Å²) < 4.78 is 23.6. The van der Waals surface area contributed by atoms with Crippen LogP contribution in [0.2, 0.25) is 0 Å². The van der Waals surface area contributed by atoms with Gasteiger partial charge in [0.1, 0.15) is 13.2 Å². The van der Waals surface area contributed by atoms with Crippen LogP contribution in [0, 0.1) is 0 Å². The van der Waals surface area contributed by atoms with Gasteiger partial charge in [-0.05, 0) is 96.3 Å². The summed E-state index contributed by atoms with van der Waals surface area (Å²) in [4.78, 5) is 23.2. The summed E-state index contributed by atoms with van der Waals surface area (Å²) in [5, 5.41) is 13.8. The Balaban J connectivity index is 4.36. The number of likely N-dealkylation sites (N-methyl/N-ethyl adjacent to an activating group) is 1. The van der Waals surface area contributed by atoms with Gasteiger partial charge in [-0.15, -0.1) is 0 Å². The van der Waals surface area contributed by atoms with Crippen LogP contribution in [0.5, 0.6) is 0 Å². The van der Waals surface area contributed by atoms with Crippen LogP contribution in [0.4, 0.5) is 0 Å². The summed E-state index contributed by atoms with van der Waals surface area (Å²) in [6.45, 7) is 4.62. The van der Waals surface area contributed by atoms with E-state index in [1.165, 1.54) is 64.2 Å². The lowest BCUT2D eigenvalue weighted by Gasteiger charge is -2.25. The molecule has 0 aromatic carbocycles. The number of nitrogens with zero attached hydrogens (tertiary/aromatic N) is 1. The number of hydrogen-bond donors (Lipinski definition) is 3. The van der Waals surface area contributed by atoms with E-state index in [1.807, 2.05) is 27.2 Å². The molecule has 0 spiro atoms. The lowest BCUT2D eigenvalue weighted by Crippen LogP contribution is -2.45. The number of hydrogen-bond acceptors (Lipinski definition) is 5. The number of rotatable bonds is 44. The molecule has 9 heteroatoms. The molecule has 3 unspecified atom stereocenters. The average Bonchev–Trinajstić information content (AvgIpc) is 3.25. The molecule has 3 N–H and O–H groups in total. The molecule has 0 aliphatic heterocycles. The third-order valence-electron chi connectivity index (χ3n) is 10.5. The van der Waals surface area contributed by atoms with Crippen LogP contribution in [0.3, 0.4) is 0 Å². The normalized spacial score (nSPS) is 15.0. The molecule has 0 aliphatic carbocycles. The smallest absolute Gasteiger partial charge is 0.387 e. The minimum atomic E-state index is -4.36. The molecule has 64 heavy (non-hydrogen) atoms. The maximum Gasteiger partial charge on any atom is 0.472 e.